The molecule has 0 heterocycles. The van der Waals surface area contributed by atoms with Crippen LogP contribution < -0.4 is 14.4 Å². The highest BCUT2D eigenvalue weighted by Gasteiger charge is 2.35. The number of carbonyl (C=O) groups is 2. The highest BCUT2D eigenvalue weighted by molar-refractivity contribution is 9.10. The Bertz CT molecular complexity index is 1730. The molecule has 47 heavy (non-hydrogen) atoms. The number of hydrogen-bond acceptors (Lipinski definition) is 5. The van der Waals surface area contributed by atoms with Crippen LogP contribution in [0.5, 0.6) is 5.75 Å². The van der Waals surface area contributed by atoms with E-state index in [1.54, 1.807) is 36.4 Å². The Balaban J connectivity index is 1.81. The first-order valence-electron chi connectivity index (χ1n) is 15.7. The molecule has 0 saturated heterocycles. The van der Waals surface area contributed by atoms with Gasteiger partial charge in [-0.25, -0.2) is 8.42 Å². The number of amides is 2. The maximum atomic E-state index is 14.6. The molecule has 2 amide bonds. The molecule has 0 spiro atoms. The van der Waals surface area contributed by atoms with Crippen LogP contribution in [0.15, 0.2) is 112 Å². The molecule has 10 heteroatoms. The van der Waals surface area contributed by atoms with Crippen LogP contribution in [-0.4, -0.2) is 50.4 Å². The summed E-state index contributed by atoms with van der Waals surface area (Å²) in [6, 6.07) is 29.1. The summed E-state index contributed by atoms with van der Waals surface area (Å²) in [7, 11) is -4.19. The molecule has 0 bridgehead atoms. The second-order valence-corrected chi connectivity index (χ2v) is 14.2. The van der Waals surface area contributed by atoms with Gasteiger partial charge >= 0.3 is 0 Å². The predicted octanol–water partition coefficient (Wildman–Crippen LogP) is 6.91. The van der Waals surface area contributed by atoms with Crippen molar-refractivity contribution < 1.29 is 22.7 Å². The minimum atomic E-state index is -4.19. The molecule has 4 aromatic rings. The fourth-order valence-corrected chi connectivity index (χ4v) is 6.93. The molecule has 0 radical (unpaired) electrons. The predicted molar refractivity (Wildman–Crippen MR) is 190 cm³/mol. The fraction of sp³-hybridized carbons (Fsp3) is 0.297. The molecular weight excluding hydrogens is 678 g/mol. The molecule has 4 rings (SSSR count). The van der Waals surface area contributed by atoms with Crippen molar-refractivity contribution in [3.63, 3.8) is 0 Å². The third-order valence-corrected chi connectivity index (χ3v) is 10.1. The first-order valence-corrected chi connectivity index (χ1v) is 18.0. The first-order chi connectivity index (χ1) is 22.5. The Labute approximate surface area is 286 Å². The number of rotatable bonds is 15. The van der Waals surface area contributed by atoms with Crippen molar-refractivity contribution in [2.45, 2.75) is 64.1 Å². The third kappa shape index (κ3) is 9.68. The summed E-state index contributed by atoms with van der Waals surface area (Å²) in [6.07, 6.45) is 0.959. The van der Waals surface area contributed by atoms with E-state index < -0.39 is 28.5 Å². The summed E-state index contributed by atoms with van der Waals surface area (Å²) in [5, 5.41) is 3.06. The van der Waals surface area contributed by atoms with Crippen LogP contribution in [0.4, 0.5) is 5.69 Å². The largest absolute Gasteiger partial charge is 0.494 e. The second kappa shape index (κ2) is 16.6. The van der Waals surface area contributed by atoms with Gasteiger partial charge in [0.15, 0.2) is 0 Å². The Morgan fingerprint density at radius 2 is 1.53 bits per heavy atom. The Morgan fingerprint density at radius 3 is 2.15 bits per heavy atom. The molecule has 8 nitrogen and oxygen atoms in total. The average Bonchev–Trinajstić information content (AvgIpc) is 3.06. The van der Waals surface area contributed by atoms with E-state index in [-0.39, 0.29) is 29.8 Å². The van der Waals surface area contributed by atoms with E-state index in [1.165, 1.54) is 17.0 Å². The zero-order valence-electron chi connectivity index (χ0n) is 27.2. The number of ether oxygens (including phenoxy) is 1. The Kier molecular flexibility index (Phi) is 12.6. The van der Waals surface area contributed by atoms with Gasteiger partial charge in [0.2, 0.25) is 11.8 Å². The van der Waals surface area contributed by atoms with Crippen molar-refractivity contribution in [2.24, 2.45) is 0 Å². The monoisotopic (exact) mass is 719 g/mol. The molecule has 0 aliphatic heterocycles. The smallest absolute Gasteiger partial charge is 0.264 e. The molecule has 1 N–H and O–H groups in total. The summed E-state index contributed by atoms with van der Waals surface area (Å²) < 4.78 is 36.0. The summed E-state index contributed by atoms with van der Waals surface area (Å²) in [5.74, 6) is -0.244. The van der Waals surface area contributed by atoms with Crippen LogP contribution >= 0.6 is 15.9 Å². The van der Waals surface area contributed by atoms with E-state index in [0.29, 0.717) is 24.5 Å². The molecule has 0 fully saturated rings. The number of nitrogens with zero attached hydrogens (tertiary/aromatic N) is 2. The van der Waals surface area contributed by atoms with Crippen molar-refractivity contribution in [3.8, 4) is 5.75 Å². The van der Waals surface area contributed by atoms with Crippen molar-refractivity contribution in [3.05, 3.63) is 124 Å². The number of aryl methyl sites for hydroxylation is 1. The van der Waals surface area contributed by atoms with Gasteiger partial charge in [-0.2, -0.15) is 0 Å². The zero-order valence-corrected chi connectivity index (χ0v) is 29.6. The number of benzene rings is 4. The number of nitrogens with one attached hydrogen (secondary N) is 1. The Morgan fingerprint density at radius 1 is 0.872 bits per heavy atom. The molecule has 2 atom stereocenters. The molecule has 4 aromatic carbocycles. The standard InChI is InChI=1S/C37H42BrN3O5S/c1-5-28(4)39-37(43)35(24-29-11-8-7-9-12-29)40(25-30-13-10-14-31(38)23-30)36(42)26-41(32-17-19-33(20-18-32)46-6-2)47(44,45)34-21-15-27(3)16-22-34/h7-23,28,35H,5-6,24-26H2,1-4H3,(H,39,43). The quantitative estimate of drug-likeness (QED) is 0.144. The number of anilines is 1. The Hall–Kier alpha value is -4.15. The van der Waals surface area contributed by atoms with Gasteiger partial charge in [0.25, 0.3) is 10.0 Å². The van der Waals surface area contributed by atoms with Gasteiger partial charge in [-0.3, -0.25) is 13.9 Å². The zero-order chi connectivity index (χ0) is 34.0. The lowest BCUT2D eigenvalue weighted by molar-refractivity contribution is -0.140. The van der Waals surface area contributed by atoms with Crippen molar-refractivity contribution in [1.82, 2.24) is 10.2 Å². The van der Waals surface area contributed by atoms with Crippen LogP contribution in [0.25, 0.3) is 0 Å². The summed E-state index contributed by atoms with van der Waals surface area (Å²) in [5.41, 5.74) is 2.87. The van der Waals surface area contributed by atoms with Crippen LogP contribution in [-0.2, 0) is 32.6 Å². The van der Waals surface area contributed by atoms with Crippen molar-refractivity contribution >= 4 is 43.5 Å². The molecule has 0 aromatic heterocycles. The van der Waals surface area contributed by atoms with E-state index in [2.05, 4.69) is 21.2 Å². The lowest BCUT2D eigenvalue weighted by Gasteiger charge is -2.34. The van der Waals surface area contributed by atoms with Crippen LogP contribution in [0, 0.1) is 6.92 Å². The van der Waals surface area contributed by atoms with E-state index in [4.69, 9.17) is 4.74 Å². The fourth-order valence-electron chi connectivity index (χ4n) is 5.07. The summed E-state index contributed by atoms with van der Waals surface area (Å²) >= 11 is 3.52. The minimum Gasteiger partial charge on any atom is -0.494 e. The van der Waals surface area contributed by atoms with Gasteiger partial charge in [-0.15, -0.1) is 0 Å². The maximum Gasteiger partial charge on any atom is 0.264 e. The van der Waals surface area contributed by atoms with E-state index in [0.717, 1.165) is 25.5 Å². The van der Waals surface area contributed by atoms with Gasteiger partial charge < -0.3 is 15.0 Å². The van der Waals surface area contributed by atoms with Crippen LogP contribution in [0.1, 0.15) is 43.9 Å². The second-order valence-electron chi connectivity index (χ2n) is 11.4. The third-order valence-electron chi connectivity index (χ3n) is 7.84. The first kappa shape index (κ1) is 35.7. The number of sulfonamides is 1. The topological polar surface area (TPSA) is 96.0 Å². The van der Waals surface area contributed by atoms with Crippen LogP contribution in [0.2, 0.25) is 0 Å². The SMILES string of the molecule is CCOc1ccc(N(CC(=O)N(Cc2cccc(Br)c2)C(Cc2ccccc2)C(=O)NC(C)CC)S(=O)(=O)c2ccc(C)cc2)cc1. The van der Waals surface area contributed by atoms with Gasteiger partial charge in [0, 0.05) is 23.5 Å². The number of hydrogen-bond donors (Lipinski definition) is 1. The highest BCUT2D eigenvalue weighted by Crippen LogP contribution is 2.27. The minimum absolute atomic E-state index is 0.0543. The van der Waals surface area contributed by atoms with Crippen molar-refractivity contribution in [2.75, 3.05) is 17.5 Å². The number of halogens is 1. The molecule has 0 saturated carbocycles. The number of carbonyl (C=O) groups excluding carboxylic acids is 2. The highest BCUT2D eigenvalue weighted by atomic mass is 79.9. The van der Waals surface area contributed by atoms with Gasteiger partial charge in [0.05, 0.1) is 17.2 Å². The van der Waals surface area contributed by atoms with E-state index >= 15 is 0 Å². The van der Waals surface area contributed by atoms with Crippen LogP contribution in [0.3, 0.4) is 0 Å². The summed E-state index contributed by atoms with van der Waals surface area (Å²) in [6.45, 7) is 7.65. The average molecular weight is 721 g/mol. The lowest BCUT2D eigenvalue weighted by atomic mass is 10.0. The molecule has 0 aliphatic rings. The normalized spacial score (nSPS) is 12.5. The van der Waals surface area contributed by atoms with Gasteiger partial charge in [0.1, 0.15) is 18.3 Å². The van der Waals surface area contributed by atoms with E-state index in [1.807, 2.05) is 82.3 Å². The van der Waals surface area contributed by atoms with E-state index in [9.17, 15) is 18.0 Å². The molecule has 0 aliphatic carbocycles. The maximum absolute atomic E-state index is 14.6. The van der Waals surface area contributed by atoms with Gasteiger partial charge in [-0.1, -0.05) is 83.0 Å². The summed E-state index contributed by atoms with van der Waals surface area (Å²) in [4.78, 5) is 30.1. The van der Waals surface area contributed by atoms with Crippen molar-refractivity contribution in [1.29, 1.82) is 0 Å². The lowest BCUT2D eigenvalue weighted by Crippen LogP contribution is -2.54. The molecule has 248 valence electrons. The molecular formula is C37H42BrN3O5S. The van der Waals surface area contributed by atoms with Gasteiger partial charge in [-0.05, 0) is 86.8 Å². The molecule has 2 unspecified atom stereocenters.